The molecule has 1 aromatic rings. The molecule has 0 spiro atoms. The van der Waals surface area contributed by atoms with Crippen LogP contribution in [0.3, 0.4) is 0 Å². The number of hydrogen-bond acceptors (Lipinski definition) is 4. The normalized spacial score (nSPS) is 16.5. The van der Waals surface area contributed by atoms with Crippen molar-refractivity contribution in [2.45, 2.75) is 26.2 Å². The Morgan fingerprint density at radius 3 is 2.95 bits per heavy atom. The molecule has 1 fully saturated rings. The van der Waals surface area contributed by atoms with Crippen molar-refractivity contribution >= 4 is 17.5 Å². The molecule has 2 heterocycles. The van der Waals surface area contributed by atoms with Crippen LogP contribution >= 0.6 is 11.6 Å². The highest BCUT2D eigenvalue weighted by Gasteiger charge is 2.22. The van der Waals surface area contributed by atoms with Gasteiger partial charge in [0.2, 0.25) is 0 Å². The summed E-state index contributed by atoms with van der Waals surface area (Å²) >= 11 is 6.07. The molecule has 1 saturated heterocycles. The summed E-state index contributed by atoms with van der Waals surface area (Å²) in [6, 6.07) is 0. The first kappa shape index (κ1) is 14.2. The van der Waals surface area contributed by atoms with Crippen molar-refractivity contribution in [3.05, 3.63) is 22.7 Å². The lowest BCUT2D eigenvalue weighted by molar-refractivity contribution is 0.0760. The Hall–Kier alpha value is -1.20. The zero-order valence-electron chi connectivity index (χ0n) is 11.3. The summed E-state index contributed by atoms with van der Waals surface area (Å²) in [5, 5.41) is 3.59. The Morgan fingerprint density at radius 2 is 2.21 bits per heavy atom. The van der Waals surface area contributed by atoms with Crippen LogP contribution in [0, 0.1) is 0 Å². The number of nitrogens with zero attached hydrogens (tertiary/aromatic N) is 3. The lowest BCUT2D eigenvalue weighted by atomic mass is 10.2. The summed E-state index contributed by atoms with van der Waals surface area (Å²) in [7, 11) is 0. The van der Waals surface area contributed by atoms with Crippen LogP contribution in [-0.4, -0.2) is 47.0 Å². The molecular formula is C13H19ClN4O. The molecule has 1 aliphatic rings. The number of aromatic nitrogens is 2. The second-order valence-electron chi connectivity index (χ2n) is 4.98. The van der Waals surface area contributed by atoms with Gasteiger partial charge < -0.3 is 10.2 Å². The Labute approximate surface area is 118 Å². The highest BCUT2D eigenvalue weighted by molar-refractivity contribution is 6.33. The molecule has 19 heavy (non-hydrogen) atoms. The summed E-state index contributed by atoms with van der Waals surface area (Å²) in [5.74, 6) is 0.730. The van der Waals surface area contributed by atoms with Crippen molar-refractivity contribution in [3.8, 4) is 0 Å². The molecule has 0 radical (unpaired) electrons. The fraction of sp³-hybridized carbons (Fsp3) is 0.615. The molecule has 6 heteroatoms. The van der Waals surface area contributed by atoms with E-state index in [0.29, 0.717) is 23.1 Å². The lowest BCUT2D eigenvalue weighted by Crippen LogP contribution is -2.35. The largest absolute Gasteiger partial charge is 0.336 e. The highest BCUT2D eigenvalue weighted by Crippen LogP contribution is 2.18. The molecule has 0 aromatic carbocycles. The Balaban J connectivity index is 2.24. The molecule has 2 rings (SSSR count). The third-order valence-electron chi connectivity index (χ3n) is 3.11. The molecule has 0 unspecified atom stereocenters. The van der Waals surface area contributed by atoms with E-state index in [4.69, 9.17) is 11.6 Å². The van der Waals surface area contributed by atoms with Crippen molar-refractivity contribution in [1.29, 1.82) is 0 Å². The second-order valence-corrected chi connectivity index (χ2v) is 5.38. The molecule has 0 bridgehead atoms. The summed E-state index contributed by atoms with van der Waals surface area (Å²) in [6.45, 7) is 7.17. The molecule has 104 valence electrons. The lowest BCUT2D eigenvalue weighted by Gasteiger charge is -2.20. The minimum atomic E-state index is -0.0991. The maximum atomic E-state index is 12.5. The zero-order chi connectivity index (χ0) is 13.8. The predicted molar refractivity (Wildman–Crippen MR) is 74.5 cm³/mol. The summed E-state index contributed by atoms with van der Waals surface area (Å²) < 4.78 is 0. The number of hydrogen-bond donors (Lipinski definition) is 1. The molecule has 0 saturated carbocycles. The number of nitrogens with one attached hydrogen (secondary N) is 1. The molecular weight excluding hydrogens is 264 g/mol. The predicted octanol–water partition coefficient (Wildman–Crippen LogP) is 1.69. The Bertz CT molecular complexity index is 456. The monoisotopic (exact) mass is 282 g/mol. The van der Waals surface area contributed by atoms with Crippen LogP contribution in [0.4, 0.5) is 0 Å². The van der Waals surface area contributed by atoms with E-state index in [0.717, 1.165) is 26.1 Å². The Kier molecular flexibility index (Phi) is 4.71. The van der Waals surface area contributed by atoms with Gasteiger partial charge in [0.15, 0.2) is 5.69 Å². The molecule has 1 aliphatic heterocycles. The average molecular weight is 283 g/mol. The van der Waals surface area contributed by atoms with E-state index in [1.807, 2.05) is 13.8 Å². The number of rotatable bonds is 2. The minimum absolute atomic E-state index is 0.0991. The van der Waals surface area contributed by atoms with Crippen LogP contribution in [0.1, 0.15) is 42.5 Å². The van der Waals surface area contributed by atoms with Gasteiger partial charge in [0, 0.05) is 25.6 Å². The van der Waals surface area contributed by atoms with Gasteiger partial charge in [-0.3, -0.25) is 4.79 Å². The first-order valence-corrected chi connectivity index (χ1v) is 7.00. The maximum Gasteiger partial charge on any atom is 0.274 e. The van der Waals surface area contributed by atoms with E-state index in [9.17, 15) is 4.79 Å². The number of halogens is 1. The van der Waals surface area contributed by atoms with Crippen LogP contribution in [0.15, 0.2) is 6.20 Å². The SMILES string of the molecule is CC(C)c1ncc(Cl)c(C(=O)N2CCCNCC2)n1. The van der Waals surface area contributed by atoms with Gasteiger partial charge in [0.1, 0.15) is 5.82 Å². The van der Waals surface area contributed by atoms with Crippen molar-refractivity contribution in [2.75, 3.05) is 26.2 Å². The van der Waals surface area contributed by atoms with Crippen molar-refractivity contribution in [2.24, 2.45) is 0 Å². The standard InChI is InChI=1S/C13H19ClN4O/c1-9(2)12-16-8-10(14)11(17-12)13(19)18-6-3-4-15-5-7-18/h8-9,15H,3-7H2,1-2H3. The van der Waals surface area contributed by atoms with E-state index in [-0.39, 0.29) is 11.8 Å². The van der Waals surface area contributed by atoms with Gasteiger partial charge in [0.05, 0.1) is 11.2 Å². The van der Waals surface area contributed by atoms with E-state index in [2.05, 4.69) is 15.3 Å². The molecule has 1 amide bonds. The van der Waals surface area contributed by atoms with Gasteiger partial charge >= 0.3 is 0 Å². The van der Waals surface area contributed by atoms with E-state index in [1.165, 1.54) is 6.20 Å². The van der Waals surface area contributed by atoms with Gasteiger partial charge in [-0.15, -0.1) is 0 Å². The van der Waals surface area contributed by atoms with Gasteiger partial charge in [-0.2, -0.15) is 0 Å². The van der Waals surface area contributed by atoms with Crippen LogP contribution in [0.2, 0.25) is 5.02 Å². The van der Waals surface area contributed by atoms with Gasteiger partial charge in [-0.1, -0.05) is 25.4 Å². The first-order valence-electron chi connectivity index (χ1n) is 6.62. The summed E-state index contributed by atoms with van der Waals surface area (Å²) in [5.41, 5.74) is 0.322. The average Bonchev–Trinajstić information content (AvgIpc) is 2.67. The third kappa shape index (κ3) is 3.42. The topological polar surface area (TPSA) is 58.1 Å². The van der Waals surface area contributed by atoms with Crippen LogP contribution in [-0.2, 0) is 0 Å². The van der Waals surface area contributed by atoms with Crippen LogP contribution < -0.4 is 5.32 Å². The molecule has 0 aliphatic carbocycles. The fourth-order valence-electron chi connectivity index (χ4n) is 2.01. The smallest absolute Gasteiger partial charge is 0.274 e. The van der Waals surface area contributed by atoms with Crippen molar-refractivity contribution in [1.82, 2.24) is 20.2 Å². The summed E-state index contributed by atoms with van der Waals surface area (Å²) in [4.78, 5) is 22.8. The third-order valence-corrected chi connectivity index (χ3v) is 3.39. The van der Waals surface area contributed by atoms with E-state index >= 15 is 0 Å². The number of carbonyl (C=O) groups is 1. The van der Waals surface area contributed by atoms with Crippen molar-refractivity contribution < 1.29 is 4.79 Å². The van der Waals surface area contributed by atoms with Gasteiger partial charge in [-0.05, 0) is 13.0 Å². The molecule has 1 aromatic heterocycles. The van der Waals surface area contributed by atoms with E-state index in [1.54, 1.807) is 4.90 Å². The zero-order valence-corrected chi connectivity index (χ0v) is 12.1. The number of carbonyl (C=O) groups excluding carboxylic acids is 1. The van der Waals surface area contributed by atoms with Crippen LogP contribution in [0.25, 0.3) is 0 Å². The van der Waals surface area contributed by atoms with Crippen molar-refractivity contribution in [3.63, 3.8) is 0 Å². The molecule has 1 N–H and O–H groups in total. The fourth-order valence-corrected chi connectivity index (χ4v) is 2.18. The van der Waals surface area contributed by atoms with Gasteiger partial charge in [-0.25, -0.2) is 9.97 Å². The maximum absolute atomic E-state index is 12.5. The van der Waals surface area contributed by atoms with Gasteiger partial charge in [0.25, 0.3) is 5.91 Å². The second kappa shape index (κ2) is 6.30. The summed E-state index contributed by atoms with van der Waals surface area (Å²) in [6.07, 6.45) is 2.47. The highest BCUT2D eigenvalue weighted by atomic mass is 35.5. The Morgan fingerprint density at radius 1 is 1.42 bits per heavy atom. The first-order chi connectivity index (χ1) is 9.09. The van der Waals surface area contributed by atoms with E-state index < -0.39 is 0 Å². The molecule has 5 nitrogen and oxygen atoms in total. The quantitative estimate of drug-likeness (QED) is 0.897. The van der Waals surface area contributed by atoms with Crippen LogP contribution in [0.5, 0.6) is 0 Å². The minimum Gasteiger partial charge on any atom is -0.336 e. The number of amides is 1. The molecule has 0 atom stereocenters.